The molecule has 0 saturated heterocycles. The van der Waals surface area contributed by atoms with E-state index < -0.39 is 0 Å². The Kier molecular flexibility index (Phi) is 8.15. The number of benzene rings is 4. The lowest BCUT2D eigenvalue weighted by Gasteiger charge is -2.34. The van der Waals surface area contributed by atoms with Gasteiger partial charge < -0.3 is 10.6 Å². The van der Waals surface area contributed by atoms with E-state index in [0.29, 0.717) is 11.8 Å². The Morgan fingerprint density at radius 2 is 0.806 bits per heavy atom. The van der Waals surface area contributed by atoms with Crippen molar-refractivity contribution in [2.75, 3.05) is 10.6 Å². The van der Waals surface area contributed by atoms with Crippen LogP contribution >= 0.6 is 0 Å². The molecule has 2 atom stereocenters. The van der Waals surface area contributed by atoms with Gasteiger partial charge in [0.25, 0.3) is 0 Å². The van der Waals surface area contributed by atoms with Crippen molar-refractivity contribution >= 4 is 11.4 Å². The molecule has 36 heavy (non-hydrogen) atoms. The minimum Gasteiger partial charge on any atom is -0.375 e. The van der Waals surface area contributed by atoms with Crippen molar-refractivity contribution in [2.45, 2.75) is 65.5 Å². The van der Waals surface area contributed by atoms with Gasteiger partial charge in [-0.05, 0) is 59.1 Å². The number of hydrogen-bond acceptors (Lipinski definition) is 2. The van der Waals surface area contributed by atoms with Crippen LogP contribution in [-0.2, 0) is 0 Å². The summed E-state index contributed by atoms with van der Waals surface area (Å²) in [6.07, 6.45) is 0. The highest BCUT2D eigenvalue weighted by molar-refractivity contribution is 5.63. The minimum absolute atomic E-state index is 0.0202. The summed E-state index contributed by atoms with van der Waals surface area (Å²) in [6, 6.07) is 35.0. The van der Waals surface area contributed by atoms with E-state index in [0.717, 1.165) is 0 Å². The van der Waals surface area contributed by atoms with E-state index in [4.69, 9.17) is 0 Å². The molecule has 0 aromatic heterocycles. The molecule has 0 aliphatic heterocycles. The first-order chi connectivity index (χ1) is 17.4. The first-order valence-electron chi connectivity index (χ1n) is 13.2. The topological polar surface area (TPSA) is 24.1 Å². The molecule has 0 heterocycles. The van der Waals surface area contributed by atoms with Crippen molar-refractivity contribution in [3.05, 3.63) is 130 Å². The summed E-state index contributed by atoms with van der Waals surface area (Å²) in [6.45, 7) is 13.5. The SMILES string of the molecule is Cc1cccc(C(C)C)c1N[C@H](c1ccccc1)[C@H](Nc1c(C)cccc1C(C)C)c1ccccc1. The normalized spacial score (nSPS) is 13.0. The predicted molar refractivity (Wildman–Crippen MR) is 156 cm³/mol. The molecule has 4 aromatic carbocycles. The second-order valence-corrected chi connectivity index (χ2v) is 10.5. The molecule has 0 radical (unpaired) electrons. The second kappa shape index (κ2) is 11.5. The maximum atomic E-state index is 4.04. The summed E-state index contributed by atoms with van der Waals surface area (Å²) in [7, 11) is 0. The number of anilines is 2. The third-order valence-corrected chi connectivity index (χ3v) is 7.10. The highest BCUT2D eigenvalue weighted by atomic mass is 15.0. The summed E-state index contributed by atoms with van der Waals surface area (Å²) in [5.41, 5.74) is 10.2. The third-order valence-electron chi connectivity index (χ3n) is 7.10. The summed E-state index contributed by atoms with van der Waals surface area (Å²) >= 11 is 0. The van der Waals surface area contributed by atoms with E-state index in [1.165, 1.54) is 44.8 Å². The van der Waals surface area contributed by atoms with Crippen LogP contribution in [0.3, 0.4) is 0 Å². The van der Waals surface area contributed by atoms with Crippen molar-refractivity contribution < 1.29 is 0 Å². The maximum Gasteiger partial charge on any atom is 0.0757 e. The van der Waals surface area contributed by atoms with Crippen LogP contribution in [-0.4, -0.2) is 0 Å². The van der Waals surface area contributed by atoms with Crippen molar-refractivity contribution in [3.63, 3.8) is 0 Å². The Balaban J connectivity index is 1.89. The average molecular weight is 477 g/mol. The van der Waals surface area contributed by atoms with Gasteiger partial charge in [0, 0.05) is 11.4 Å². The lowest BCUT2D eigenvalue weighted by atomic mass is 9.89. The molecule has 4 aromatic rings. The van der Waals surface area contributed by atoms with Gasteiger partial charge in [-0.15, -0.1) is 0 Å². The smallest absolute Gasteiger partial charge is 0.0757 e. The fourth-order valence-electron chi connectivity index (χ4n) is 5.09. The molecule has 0 aliphatic carbocycles. The highest BCUT2D eigenvalue weighted by Crippen LogP contribution is 2.40. The Morgan fingerprint density at radius 3 is 1.14 bits per heavy atom. The van der Waals surface area contributed by atoms with E-state index in [1.807, 2.05) is 0 Å². The summed E-state index contributed by atoms with van der Waals surface area (Å²) < 4.78 is 0. The van der Waals surface area contributed by atoms with E-state index >= 15 is 0 Å². The van der Waals surface area contributed by atoms with Gasteiger partial charge in [-0.25, -0.2) is 0 Å². The number of hydrogen-bond donors (Lipinski definition) is 2. The van der Waals surface area contributed by atoms with Gasteiger partial charge in [-0.2, -0.15) is 0 Å². The zero-order chi connectivity index (χ0) is 25.7. The molecule has 0 fully saturated rings. The van der Waals surface area contributed by atoms with Gasteiger partial charge in [0.05, 0.1) is 12.1 Å². The maximum absolute atomic E-state index is 4.04. The van der Waals surface area contributed by atoms with E-state index in [-0.39, 0.29) is 12.1 Å². The van der Waals surface area contributed by atoms with Gasteiger partial charge in [0.15, 0.2) is 0 Å². The van der Waals surface area contributed by atoms with Crippen LogP contribution in [0.15, 0.2) is 97.1 Å². The van der Waals surface area contributed by atoms with Crippen LogP contribution in [0, 0.1) is 13.8 Å². The Labute approximate surface area is 217 Å². The van der Waals surface area contributed by atoms with Gasteiger partial charge in [-0.3, -0.25) is 0 Å². The van der Waals surface area contributed by atoms with Crippen LogP contribution < -0.4 is 10.6 Å². The van der Waals surface area contributed by atoms with Gasteiger partial charge >= 0.3 is 0 Å². The van der Waals surface area contributed by atoms with Crippen molar-refractivity contribution in [1.82, 2.24) is 0 Å². The van der Waals surface area contributed by atoms with Crippen LogP contribution in [0.1, 0.15) is 85.0 Å². The van der Waals surface area contributed by atoms with E-state index in [9.17, 15) is 0 Å². The molecule has 186 valence electrons. The van der Waals surface area contributed by atoms with Crippen LogP contribution in [0.2, 0.25) is 0 Å². The third kappa shape index (κ3) is 5.65. The molecular weight excluding hydrogens is 436 g/mol. The van der Waals surface area contributed by atoms with Gasteiger partial charge in [0.2, 0.25) is 0 Å². The predicted octanol–water partition coefficient (Wildman–Crippen LogP) is 9.56. The van der Waals surface area contributed by atoms with Gasteiger partial charge in [0.1, 0.15) is 0 Å². The van der Waals surface area contributed by atoms with E-state index in [2.05, 4.69) is 149 Å². The molecule has 2 N–H and O–H groups in total. The highest BCUT2D eigenvalue weighted by Gasteiger charge is 2.28. The quantitative estimate of drug-likeness (QED) is 0.251. The summed E-state index contributed by atoms with van der Waals surface area (Å²) in [4.78, 5) is 0. The summed E-state index contributed by atoms with van der Waals surface area (Å²) in [5, 5.41) is 8.08. The van der Waals surface area contributed by atoms with Gasteiger partial charge in [-0.1, -0.05) is 125 Å². The van der Waals surface area contributed by atoms with Crippen LogP contribution in [0.25, 0.3) is 0 Å². The molecule has 2 nitrogen and oxygen atoms in total. The molecule has 2 heteroatoms. The largest absolute Gasteiger partial charge is 0.375 e. The molecule has 0 bridgehead atoms. The Bertz CT molecular complexity index is 1160. The molecular formula is C34H40N2. The number of nitrogens with one attached hydrogen (secondary N) is 2. The number of aryl methyl sites for hydroxylation is 2. The molecule has 4 rings (SSSR count). The lowest BCUT2D eigenvalue weighted by molar-refractivity contribution is 0.644. The first-order valence-corrected chi connectivity index (χ1v) is 13.2. The van der Waals surface area contributed by atoms with Crippen molar-refractivity contribution in [2.24, 2.45) is 0 Å². The van der Waals surface area contributed by atoms with Crippen molar-refractivity contribution in [1.29, 1.82) is 0 Å². The zero-order valence-corrected chi connectivity index (χ0v) is 22.5. The minimum atomic E-state index is 0.0202. The van der Waals surface area contributed by atoms with Crippen LogP contribution in [0.5, 0.6) is 0 Å². The zero-order valence-electron chi connectivity index (χ0n) is 22.5. The standard InChI is InChI=1S/C34H40N2/c1-23(2)29-21-13-15-25(5)31(29)35-33(27-17-9-7-10-18-27)34(28-19-11-8-12-20-28)36-32-26(6)16-14-22-30(32)24(3)4/h7-24,33-36H,1-6H3/t33-,34-/m1/s1. The number of para-hydroxylation sites is 2. The molecule has 0 unspecified atom stereocenters. The van der Waals surface area contributed by atoms with Crippen LogP contribution in [0.4, 0.5) is 11.4 Å². The Hall–Kier alpha value is -3.52. The average Bonchev–Trinajstić information content (AvgIpc) is 2.88. The Morgan fingerprint density at radius 1 is 0.444 bits per heavy atom. The fourth-order valence-corrected chi connectivity index (χ4v) is 5.09. The molecule has 0 amide bonds. The first kappa shape index (κ1) is 25.6. The fraction of sp³-hybridized carbons (Fsp3) is 0.294. The molecule has 0 aliphatic rings. The number of rotatable bonds is 9. The van der Waals surface area contributed by atoms with Crippen molar-refractivity contribution in [3.8, 4) is 0 Å². The van der Waals surface area contributed by atoms with E-state index in [1.54, 1.807) is 0 Å². The lowest BCUT2D eigenvalue weighted by Crippen LogP contribution is -2.27. The molecule has 0 spiro atoms. The molecule has 0 saturated carbocycles. The second-order valence-electron chi connectivity index (χ2n) is 10.5. The summed E-state index contributed by atoms with van der Waals surface area (Å²) in [5.74, 6) is 0.853. The monoisotopic (exact) mass is 476 g/mol.